The number of ether oxygens (including phenoxy) is 1. The average molecular weight is 287 g/mol. The lowest BCUT2D eigenvalue weighted by atomic mass is 9.82. The van der Waals surface area contributed by atoms with Crippen LogP contribution in [0.5, 0.6) is 0 Å². The van der Waals surface area contributed by atoms with Crippen LogP contribution in [0.2, 0.25) is 0 Å². The molecule has 1 saturated carbocycles. The third-order valence-corrected chi connectivity index (χ3v) is 5.30. The molecule has 1 aromatic rings. The summed E-state index contributed by atoms with van der Waals surface area (Å²) in [5.41, 5.74) is 1.87. The zero-order valence-corrected chi connectivity index (χ0v) is 13.3. The summed E-state index contributed by atoms with van der Waals surface area (Å²) in [4.78, 5) is 0. The average Bonchev–Trinajstić information content (AvgIpc) is 2.55. The summed E-state index contributed by atoms with van der Waals surface area (Å²) in [5, 5.41) is 3.51. The van der Waals surface area contributed by atoms with Crippen LogP contribution < -0.4 is 5.32 Å². The molecule has 1 N–H and O–H groups in total. The van der Waals surface area contributed by atoms with Gasteiger partial charge in [0.1, 0.15) is 0 Å². The van der Waals surface area contributed by atoms with Gasteiger partial charge < -0.3 is 10.1 Å². The fourth-order valence-electron chi connectivity index (χ4n) is 3.85. The maximum absolute atomic E-state index is 6.27. The van der Waals surface area contributed by atoms with Crippen LogP contribution in [0.1, 0.15) is 56.9 Å². The van der Waals surface area contributed by atoms with Crippen LogP contribution in [-0.4, -0.2) is 25.8 Å². The summed E-state index contributed by atoms with van der Waals surface area (Å²) in [6, 6.07) is 11.0. The monoisotopic (exact) mass is 287 g/mol. The molecule has 0 spiro atoms. The second-order valence-electron chi connectivity index (χ2n) is 7.29. The van der Waals surface area contributed by atoms with Crippen LogP contribution in [0.3, 0.4) is 0 Å². The van der Waals surface area contributed by atoms with E-state index in [0.29, 0.717) is 11.5 Å². The molecule has 2 aliphatic rings. The Balaban J connectivity index is 1.43. The minimum Gasteiger partial charge on any atom is -0.378 e. The maximum atomic E-state index is 6.27. The van der Waals surface area contributed by atoms with E-state index in [9.17, 15) is 0 Å². The van der Waals surface area contributed by atoms with Gasteiger partial charge in [0.15, 0.2) is 0 Å². The van der Waals surface area contributed by atoms with Gasteiger partial charge in [0.25, 0.3) is 0 Å². The smallest absolute Gasteiger partial charge is 0.0575 e. The van der Waals surface area contributed by atoms with Crippen LogP contribution in [-0.2, 0) is 4.74 Å². The summed E-state index contributed by atoms with van der Waals surface area (Å²) in [6.07, 6.45) is 8.10. The SMILES string of the molecule is C[C@]1(COC2CCC(c3ccccc3)CC2)CCCNC1. The van der Waals surface area contributed by atoms with Gasteiger partial charge in [-0.3, -0.25) is 0 Å². The third-order valence-electron chi connectivity index (χ3n) is 5.30. The normalized spacial score (nSPS) is 33.8. The van der Waals surface area contributed by atoms with Gasteiger partial charge in [0.2, 0.25) is 0 Å². The topological polar surface area (TPSA) is 21.3 Å². The number of piperidine rings is 1. The van der Waals surface area contributed by atoms with Crippen molar-refractivity contribution >= 4 is 0 Å². The lowest BCUT2D eigenvalue weighted by molar-refractivity contribution is -0.0293. The Bertz CT molecular complexity index is 416. The second kappa shape index (κ2) is 6.93. The van der Waals surface area contributed by atoms with Gasteiger partial charge in [-0.2, -0.15) is 0 Å². The number of benzene rings is 1. The van der Waals surface area contributed by atoms with Gasteiger partial charge in [-0.1, -0.05) is 37.3 Å². The Morgan fingerprint density at radius 2 is 1.90 bits per heavy atom. The summed E-state index contributed by atoms with van der Waals surface area (Å²) >= 11 is 0. The van der Waals surface area contributed by atoms with E-state index >= 15 is 0 Å². The molecule has 2 heteroatoms. The molecule has 1 aliphatic heterocycles. The molecule has 0 amide bonds. The second-order valence-corrected chi connectivity index (χ2v) is 7.29. The highest BCUT2D eigenvalue weighted by Gasteiger charge is 2.29. The van der Waals surface area contributed by atoms with E-state index in [4.69, 9.17) is 4.74 Å². The molecule has 0 unspecified atom stereocenters. The van der Waals surface area contributed by atoms with E-state index in [2.05, 4.69) is 42.6 Å². The number of rotatable bonds is 4. The Morgan fingerprint density at radius 1 is 1.14 bits per heavy atom. The predicted molar refractivity (Wildman–Crippen MR) is 87.6 cm³/mol. The van der Waals surface area contributed by atoms with Gasteiger partial charge >= 0.3 is 0 Å². The summed E-state index contributed by atoms with van der Waals surface area (Å²) in [5.74, 6) is 0.748. The van der Waals surface area contributed by atoms with Gasteiger partial charge in [0, 0.05) is 12.0 Å². The van der Waals surface area contributed by atoms with E-state index in [0.717, 1.165) is 19.1 Å². The minimum absolute atomic E-state index is 0.356. The fourth-order valence-corrected chi connectivity index (χ4v) is 3.85. The van der Waals surface area contributed by atoms with Crippen LogP contribution >= 0.6 is 0 Å². The molecular weight excluding hydrogens is 258 g/mol. The summed E-state index contributed by atoms with van der Waals surface area (Å²) in [7, 11) is 0. The van der Waals surface area contributed by atoms with Crippen molar-refractivity contribution in [2.24, 2.45) is 5.41 Å². The van der Waals surface area contributed by atoms with E-state index < -0.39 is 0 Å². The van der Waals surface area contributed by atoms with Crippen molar-refractivity contribution in [3.05, 3.63) is 35.9 Å². The van der Waals surface area contributed by atoms with E-state index in [-0.39, 0.29) is 0 Å². The Labute approximate surface area is 129 Å². The minimum atomic E-state index is 0.356. The molecule has 0 bridgehead atoms. The zero-order chi connectivity index (χ0) is 14.5. The van der Waals surface area contributed by atoms with Gasteiger partial charge in [0.05, 0.1) is 12.7 Å². The molecule has 1 saturated heterocycles. The van der Waals surface area contributed by atoms with Crippen LogP contribution in [0, 0.1) is 5.41 Å². The lowest BCUT2D eigenvalue weighted by Gasteiger charge is -2.36. The predicted octanol–water partition coefficient (Wildman–Crippen LogP) is 4.12. The first-order valence-corrected chi connectivity index (χ1v) is 8.62. The first-order chi connectivity index (χ1) is 10.3. The number of nitrogens with one attached hydrogen (secondary N) is 1. The molecule has 116 valence electrons. The van der Waals surface area contributed by atoms with Gasteiger partial charge in [-0.25, -0.2) is 0 Å². The molecule has 2 nitrogen and oxygen atoms in total. The van der Waals surface area contributed by atoms with Crippen molar-refractivity contribution in [2.75, 3.05) is 19.7 Å². The molecule has 1 aliphatic carbocycles. The summed E-state index contributed by atoms with van der Waals surface area (Å²) in [6.45, 7) is 5.60. The Kier molecular flexibility index (Phi) is 4.97. The molecule has 1 atom stereocenters. The van der Waals surface area contributed by atoms with Crippen molar-refractivity contribution in [3.8, 4) is 0 Å². The van der Waals surface area contributed by atoms with Crippen LogP contribution in [0.4, 0.5) is 0 Å². The standard InChI is InChI=1S/C19H29NO/c1-19(12-5-13-20-14-19)15-21-18-10-8-17(9-11-18)16-6-3-2-4-7-16/h2-4,6-7,17-18,20H,5,8-15H2,1H3/t17?,18?,19-/m0/s1. The van der Waals surface area contributed by atoms with Crippen LogP contribution in [0.15, 0.2) is 30.3 Å². The van der Waals surface area contributed by atoms with E-state index in [1.807, 2.05) is 0 Å². The molecular formula is C19H29NO. The van der Waals surface area contributed by atoms with E-state index in [1.54, 1.807) is 0 Å². The highest BCUT2D eigenvalue weighted by molar-refractivity contribution is 5.19. The fraction of sp³-hybridized carbons (Fsp3) is 0.684. The molecule has 3 rings (SSSR count). The van der Waals surface area contributed by atoms with Crippen molar-refractivity contribution in [2.45, 2.75) is 57.5 Å². The molecule has 0 radical (unpaired) electrons. The van der Waals surface area contributed by atoms with Crippen LogP contribution in [0.25, 0.3) is 0 Å². The lowest BCUT2D eigenvalue weighted by Crippen LogP contribution is -2.42. The highest BCUT2D eigenvalue weighted by atomic mass is 16.5. The molecule has 1 aromatic carbocycles. The van der Waals surface area contributed by atoms with Crippen molar-refractivity contribution in [1.82, 2.24) is 5.32 Å². The highest BCUT2D eigenvalue weighted by Crippen LogP contribution is 2.35. The summed E-state index contributed by atoms with van der Waals surface area (Å²) < 4.78 is 6.27. The first-order valence-electron chi connectivity index (χ1n) is 8.62. The van der Waals surface area contributed by atoms with Gasteiger partial charge in [-0.05, 0) is 56.6 Å². The van der Waals surface area contributed by atoms with Crippen molar-refractivity contribution in [1.29, 1.82) is 0 Å². The number of hydrogen-bond donors (Lipinski definition) is 1. The largest absolute Gasteiger partial charge is 0.378 e. The number of hydrogen-bond acceptors (Lipinski definition) is 2. The van der Waals surface area contributed by atoms with Crippen molar-refractivity contribution < 1.29 is 4.74 Å². The zero-order valence-electron chi connectivity index (χ0n) is 13.3. The molecule has 21 heavy (non-hydrogen) atoms. The Morgan fingerprint density at radius 3 is 2.57 bits per heavy atom. The Hall–Kier alpha value is -0.860. The van der Waals surface area contributed by atoms with E-state index in [1.165, 1.54) is 50.6 Å². The molecule has 1 heterocycles. The van der Waals surface area contributed by atoms with Crippen molar-refractivity contribution in [3.63, 3.8) is 0 Å². The first kappa shape index (κ1) is 15.1. The quantitative estimate of drug-likeness (QED) is 0.899. The maximum Gasteiger partial charge on any atom is 0.0575 e. The molecule has 0 aromatic heterocycles. The molecule has 2 fully saturated rings. The third kappa shape index (κ3) is 4.08. The van der Waals surface area contributed by atoms with Gasteiger partial charge in [-0.15, -0.1) is 0 Å².